The summed E-state index contributed by atoms with van der Waals surface area (Å²) in [7, 11) is 0. The topological polar surface area (TPSA) is 58.4 Å². The first-order valence-corrected chi connectivity index (χ1v) is 6.44. The molecule has 1 fully saturated rings. The van der Waals surface area contributed by atoms with Crippen molar-refractivity contribution in [3.05, 3.63) is 28.7 Å². The van der Waals surface area contributed by atoms with E-state index in [0.717, 1.165) is 10.2 Å². The Kier molecular flexibility index (Phi) is 3.69. The van der Waals surface area contributed by atoms with Crippen LogP contribution in [0.4, 0.5) is 5.69 Å². The maximum atomic E-state index is 11.8. The number of benzene rings is 1. The van der Waals surface area contributed by atoms with Gasteiger partial charge in [-0.05, 0) is 25.1 Å². The zero-order chi connectivity index (χ0) is 12.4. The van der Waals surface area contributed by atoms with Crippen LogP contribution in [-0.2, 0) is 4.79 Å². The van der Waals surface area contributed by atoms with E-state index in [1.54, 1.807) is 0 Å². The Hall–Kier alpha value is -1.07. The van der Waals surface area contributed by atoms with E-state index in [-0.39, 0.29) is 18.0 Å². The molecule has 4 nitrogen and oxygen atoms in total. The molecule has 0 aliphatic carbocycles. The van der Waals surface area contributed by atoms with E-state index in [1.165, 1.54) is 0 Å². The predicted octanol–water partition coefficient (Wildman–Crippen LogP) is 1.10. The molecule has 1 heterocycles. The Labute approximate surface area is 109 Å². The first-order valence-electron chi connectivity index (χ1n) is 5.65. The zero-order valence-corrected chi connectivity index (χ0v) is 11.3. The van der Waals surface area contributed by atoms with Crippen molar-refractivity contribution in [1.82, 2.24) is 5.32 Å². The Morgan fingerprint density at radius 3 is 3.00 bits per heavy atom. The summed E-state index contributed by atoms with van der Waals surface area (Å²) in [5.74, 6) is 0.00516. The van der Waals surface area contributed by atoms with E-state index >= 15 is 0 Å². The Bertz CT molecular complexity index is 424. The molecule has 92 valence electrons. The molecule has 0 spiro atoms. The molecule has 1 aromatic rings. The van der Waals surface area contributed by atoms with E-state index < -0.39 is 0 Å². The molecule has 2 atom stereocenters. The van der Waals surface area contributed by atoms with Gasteiger partial charge in [-0.2, -0.15) is 0 Å². The van der Waals surface area contributed by atoms with Crippen molar-refractivity contribution in [2.45, 2.75) is 19.0 Å². The van der Waals surface area contributed by atoms with Crippen LogP contribution in [0.3, 0.4) is 0 Å². The average Bonchev–Trinajstić information content (AvgIpc) is 2.31. The Balaban J connectivity index is 2.35. The molecule has 1 amide bonds. The summed E-state index contributed by atoms with van der Waals surface area (Å²) in [6.45, 7) is 3.06. The number of amides is 1. The van der Waals surface area contributed by atoms with Gasteiger partial charge in [-0.15, -0.1) is 0 Å². The molecular formula is C12H16BrN3O. The van der Waals surface area contributed by atoms with Crippen LogP contribution in [-0.4, -0.2) is 31.1 Å². The third-order valence-electron chi connectivity index (χ3n) is 3.01. The smallest absolute Gasteiger partial charge is 0.244 e. The number of nitrogens with zero attached hydrogens (tertiary/aromatic N) is 1. The summed E-state index contributed by atoms with van der Waals surface area (Å²) in [6.07, 6.45) is 0. The maximum Gasteiger partial charge on any atom is 0.244 e. The Morgan fingerprint density at radius 1 is 1.59 bits per heavy atom. The lowest BCUT2D eigenvalue weighted by molar-refractivity contribution is -0.123. The maximum absolute atomic E-state index is 11.8. The summed E-state index contributed by atoms with van der Waals surface area (Å²) in [5, 5.41) is 2.87. The number of halogens is 1. The van der Waals surface area contributed by atoms with Gasteiger partial charge in [0.1, 0.15) is 6.04 Å². The van der Waals surface area contributed by atoms with Crippen molar-refractivity contribution < 1.29 is 4.79 Å². The van der Waals surface area contributed by atoms with Gasteiger partial charge in [0.05, 0.1) is 0 Å². The lowest BCUT2D eigenvalue weighted by Gasteiger charge is -2.41. The molecule has 0 aromatic heterocycles. The Morgan fingerprint density at radius 2 is 2.35 bits per heavy atom. The van der Waals surface area contributed by atoms with Gasteiger partial charge in [-0.3, -0.25) is 4.79 Å². The first kappa shape index (κ1) is 12.4. The molecule has 0 bridgehead atoms. The molecule has 1 aliphatic heterocycles. The number of carbonyl (C=O) groups excluding carboxylic acids is 1. The van der Waals surface area contributed by atoms with E-state index in [4.69, 9.17) is 5.73 Å². The van der Waals surface area contributed by atoms with Gasteiger partial charge in [-0.25, -0.2) is 0 Å². The quantitative estimate of drug-likeness (QED) is 0.859. The average molecular weight is 298 g/mol. The molecule has 1 aromatic carbocycles. The van der Waals surface area contributed by atoms with Crippen LogP contribution in [0.15, 0.2) is 28.7 Å². The lowest BCUT2D eigenvalue weighted by Crippen LogP contribution is -2.62. The van der Waals surface area contributed by atoms with Crippen LogP contribution in [0.25, 0.3) is 0 Å². The fourth-order valence-electron chi connectivity index (χ4n) is 2.19. The summed E-state index contributed by atoms with van der Waals surface area (Å²) >= 11 is 3.45. The van der Waals surface area contributed by atoms with Gasteiger partial charge in [0.2, 0.25) is 5.91 Å². The highest BCUT2D eigenvalue weighted by Crippen LogP contribution is 2.25. The van der Waals surface area contributed by atoms with Crippen molar-refractivity contribution in [3.8, 4) is 0 Å². The van der Waals surface area contributed by atoms with Crippen molar-refractivity contribution in [3.63, 3.8) is 0 Å². The van der Waals surface area contributed by atoms with Gasteiger partial charge in [0.15, 0.2) is 0 Å². The molecule has 1 aliphatic rings. The van der Waals surface area contributed by atoms with Crippen molar-refractivity contribution in [2.75, 3.05) is 18.0 Å². The number of nitrogens with one attached hydrogen (secondary N) is 1. The van der Waals surface area contributed by atoms with E-state index in [9.17, 15) is 4.79 Å². The molecule has 5 heteroatoms. The van der Waals surface area contributed by atoms with Crippen LogP contribution in [0.2, 0.25) is 0 Å². The fourth-order valence-corrected chi connectivity index (χ4v) is 2.58. The second-order valence-corrected chi connectivity index (χ2v) is 5.15. The third kappa shape index (κ3) is 2.45. The molecule has 17 heavy (non-hydrogen) atoms. The van der Waals surface area contributed by atoms with Crippen LogP contribution in [0.1, 0.15) is 6.92 Å². The second kappa shape index (κ2) is 5.06. The van der Waals surface area contributed by atoms with Gasteiger partial charge < -0.3 is 16.0 Å². The molecule has 1 saturated heterocycles. The molecule has 2 unspecified atom stereocenters. The van der Waals surface area contributed by atoms with Crippen LogP contribution < -0.4 is 16.0 Å². The highest BCUT2D eigenvalue weighted by atomic mass is 79.9. The minimum absolute atomic E-state index is 0.00516. The minimum atomic E-state index is -0.284. The second-order valence-electron chi connectivity index (χ2n) is 4.23. The monoisotopic (exact) mass is 297 g/mol. The normalized spacial score (nSPS) is 24.6. The van der Waals surface area contributed by atoms with Gasteiger partial charge in [0, 0.05) is 29.3 Å². The SMILES string of the molecule is CC1CNC(=O)C(CN)N1c1cccc(Br)c1. The molecule has 0 saturated carbocycles. The molecule has 0 radical (unpaired) electrons. The van der Waals surface area contributed by atoms with Gasteiger partial charge in [0.25, 0.3) is 0 Å². The van der Waals surface area contributed by atoms with Crippen molar-refractivity contribution in [2.24, 2.45) is 5.73 Å². The number of nitrogens with two attached hydrogens (primary N) is 1. The highest BCUT2D eigenvalue weighted by molar-refractivity contribution is 9.10. The first-order chi connectivity index (χ1) is 8.13. The van der Waals surface area contributed by atoms with Gasteiger partial charge >= 0.3 is 0 Å². The molecular weight excluding hydrogens is 282 g/mol. The number of hydrogen-bond acceptors (Lipinski definition) is 3. The van der Waals surface area contributed by atoms with Crippen molar-refractivity contribution in [1.29, 1.82) is 0 Å². The van der Waals surface area contributed by atoms with Crippen LogP contribution >= 0.6 is 15.9 Å². The van der Waals surface area contributed by atoms with E-state index in [0.29, 0.717) is 13.1 Å². The van der Waals surface area contributed by atoms with Crippen LogP contribution in [0, 0.1) is 0 Å². The summed E-state index contributed by atoms with van der Waals surface area (Å²) in [4.78, 5) is 13.9. The standard InChI is InChI=1S/C12H16BrN3O/c1-8-7-15-12(17)11(6-14)16(8)10-4-2-3-9(13)5-10/h2-5,8,11H,6-7,14H2,1H3,(H,15,17). The van der Waals surface area contributed by atoms with Crippen LogP contribution in [0.5, 0.6) is 0 Å². The predicted molar refractivity (Wildman–Crippen MR) is 71.9 cm³/mol. The largest absolute Gasteiger partial charge is 0.354 e. The third-order valence-corrected chi connectivity index (χ3v) is 3.51. The lowest BCUT2D eigenvalue weighted by atomic mass is 10.1. The highest BCUT2D eigenvalue weighted by Gasteiger charge is 2.33. The summed E-state index contributed by atoms with van der Waals surface area (Å²) in [5.41, 5.74) is 6.73. The zero-order valence-electron chi connectivity index (χ0n) is 9.69. The number of carbonyl (C=O) groups is 1. The van der Waals surface area contributed by atoms with Crippen molar-refractivity contribution >= 4 is 27.5 Å². The molecule has 2 rings (SSSR count). The van der Waals surface area contributed by atoms with E-state index in [1.807, 2.05) is 24.3 Å². The fraction of sp³-hybridized carbons (Fsp3) is 0.417. The number of rotatable bonds is 2. The summed E-state index contributed by atoms with van der Waals surface area (Å²) < 4.78 is 1.00. The van der Waals surface area contributed by atoms with Gasteiger partial charge in [-0.1, -0.05) is 22.0 Å². The minimum Gasteiger partial charge on any atom is -0.354 e. The number of anilines is 1. The number of piperazine rings is 1. The number of hydrogen-bond donors (Lipinski definition) is 2. The summed E-state index contributed by atoms with van der Waals surface area (Å²) in [6, 6.07) is 7.91. The molecule has 3 N–H and O–H groups in total. The van der Waals surface area contributed by atoms with E-state index in [2.05, 4.69) is 33.1 Å².